The van der Waals surface area contributed by atoms with Crippen molar-refractivity contribution in [2.24, 2.45) is 17.6 Å². The van der Waals surface area contributed by atoms with E-state index < -0.39 is 33.4 Å². The quantitative estimate of drug-likeness (QED) is 0.231. The maximum absolute atomic E-state index is 13.1. The van der Waals surface area contributed by atoms with Crippen LogP contribution in [-0.4, -0.2) is 34.6 Å². The first kappa shape index (κ1) is 20.1. The Labute approximate surface area is 160 Å². The first-order valence-electron chi connectivity index (χ1n) is 7.81. The van der Waals surface area contributed by atoms with E-state index in [-0.39, 0.29) is 18.1 Å². The van der Waals surface area contributed by atoms with E-state index in [1.54, 1.807) is 25.3 Å². The zero-order chi connectivity index (χ0) is 18.8. The Morgan fingerprint density at radius 3 is 2.52 bits per heavy atom. The molecule has 0 amide bonds. The number of esters is 1. The molecule has 0 aromatic rings. The SMILES string of the molecule is CCOC(=O)C(N)=C(C(=O)C1CC1)C(=O)C1C=CC(Cl)=CC1(Cl)SC. The Balaban J connectivity index is 2.45. The monoisotopic (exact) mass is 403 g/mol. The normalized spacial score (nSPS) is 26.6. The molecule has 0 radical (unpaired) electrons. The van der Waals surface area contributed by atoms with E-state index in [1.807, 2.05) is 0 Å². The summed E-state index contributed by atoms with van der Waals surface area (Å²) < 4.78 is 3.69. The highest BCUT2D eigenvalue weighted by molar-refractivity contribution is 8.01. The number of ketones is 2. The lowest BCUT2D eigenvalue weighted by Gasteiger charge is -2.31. The molecule has 1 saturated carbocycles. The molecule has 136 valence electrons. The second-order valence-corrected chi connectivity index (χ2v) is 8.15. The third kappa shape index (κ3) is 4.30. The van der Waals surface area contributed by atoms with Gasteiger partial charge in [0.15, 0.2) is 11.6 Å². The van der Waals surface area contributed by atoms with E-state index in [0.29, 0.717) is 17.9 Å². The summed E-state index contributed by atoms with van der Waals surface area (Å²) in [6, 6.07) is 0. The standard InChI is InChI=1S/C17H19Cl2NO4S/c1-3-24-16(23)13(20)12(14(21)9-4-5-9)15(22)11-7-6-10(18)8-17(11,19)25-2/h6-9,11H,3-5,20H2,1-2H3. The maximum Gasteiger partial charge on any atom is 0.355 e. The molecule has 2 unspecified atom stereocenters. The number of carbonyl (C=O) groups is 3. The number of allylic oxidation sites excluding steroid dienone is 4. The molecule has 0 bridgehead atoms. The van der Waals surface area contributed by atoms with Crippen molar-refractivity contribution in [2.45, 2.75) is 24.0 Å². The van der Waals surface area contributed by atoms with Gasteiger partial charge in [0.1, 0.15) is 9.90 Å². The number of thioether (sulfide) groups is 1. The van der Waals surface area contributed by atoms with Gasteiger partial charge < -0.3 is 10.5 Å². The highest BCUT2D eigenvalue weighted by Gasteiger charge is 2.45. The Morgan fingerprint density at radius 1 is 1.36 bits per heavy atom. The van der Waals surface area contributed by atoms with Gasteiger partial charge in [-0.05, 0) is 38.2 Å². The minimum Gasteiger partial charge on any atom is -0.461 e. The van der Waals surface area contributed by atoms with Crippen molar-refractivity contribution in [3.8, 4) is 0 Å². The number of rotatable bonds is 7. The molecule has 0 aromatic heterocycles. The lowest BCUT2D eigenvalue weighted by molar-refractivity contribution is -0.139. The second-order valence-electron chi connectivity index (χ2n) is 5.78. The fraction of sp³-hybridized carbons (Fsp3) is 0.471. The maximum atomic E-state index is 13.1. The van der Waals surface area contributed by atoms with Crippen LogP contribution in [-0.2, 0) is 19.1 Å². The van der Waals surface area contributed by atoms with Gasteiger partial charge in [0, 0.05) is 11.0 Å². The summed E-state index contributed by atoms with van der Waals surface area (Å²) in [7, 11) is 0. The summed E-state index contributed by atoms with van der Waals surface area (Å²) in [6.07, 6.45) is 7.70. The molecule has 25 heavy (non-hydrogen) atoms. The fourth-order valence-corrected chi connectivity index (χ4v) is 3.84. The number of Topliss-reactive ketones (excluding diaryl/α,β-unsaturated/α-hetero) is 2. The van der Waals surface area contributed by atoms with E-state index in [1.165, 1.54) is 17.8 Å². The van der Waals surface area contributed by atoms with Crippen molar-refractivity contribution in [3.63, 3.8) is 0 Å². The summed E-state index contributed by atoms with van der Waals surface area (Å²) in [4.78, 5) is 37.7. The van der Waals surface area contributed by atoms with Crippen molar-refractivity contribution in [3.05, 3.63) is 34.5 Å². The summed E-state index contributed by atoms with van der Waals surface area (Å²) >= 11 is 13.8. The van der Waals surface area contributed by atoms with Crippen LogP contribution >= 0.6 is 35.0 Å². The van der Waals surface area contributed by atoms with Crippen LogP contribution in [0.3, 0.4) is 0 Å². The lowest BCUT2D eigenvalue weighted by Crippen LogP contribution is -2.38. The number of hydrogen-bond donors (Lipinski definition) is 1. The topological polar surface area (TPSA) is 86.5 Å². The van der Waals surface area contributed by atoms with E-state index >= 15 is 0 Å². The number of carbonyl (C=O) groups excluding carboxylic acids is 3. The van der Waals surface area contributed by atoms with E-state index in [9.17, 15) is 14.4 Å². The smallest absolute Gasteiger partial charge is 0.355 e. The van der Waals surface area contributed by atoms with Crippen LogP contribution in [0.4, 0.5) is 0 Å². The van der Waals surface area contributed by atoms with Gasteiger partial charge >= 0.3 is 5.97 Å². The third-order valence-electron chi connectivity index (χ3n) is 4.01. The molecule has 0 heterocycles. The number of hydrogen-bond acceptors (Lipinski definition) is 6. The minimum absolute atomic E-state index is 0.0879. The Bertz CT molecular complexity index is 697. The molecule has 2 atom stereocenters. The first-order chi connectivity index (χ1) is 11.7. The van der Waals surface area contributed by atoms with E-state index in [2.05, 4.69) is 0 Å². The first-order valence-corrected chi connectivity index (χ1v) is 9.79. The Morgan fingerprint density at radius 2 is 2.00 bits per heavy atom. The number of ether oxygens (including phenoxy) is 1. The van der Waals surface area contributed by atoms with Crippen molar-refractivity contribution < 1.29 is 19.1 Å². The minimum atomic E-state index is -1.16. The highest BCUT2D eigenvalue weighted by Crippen LogP contribution is 2.45. The molecule has 2 rings (SSSR count). The van der Waals surface area contributed by atoms with Crippen LogP contribution in [0.5, 0.6) is 0 Å². The van der Waals surface area contributed by atoms with E-state index in [4.69, 9.17) is 33.7 Å². The second kappa shape index (κ2) is 7.98. The predicted molar refractivity (Wildman–Crippen MR) is 99.2 cm³/mol. The number of alkyl halides is 1. The summed E-state index contributed by atoms with van der Waals surface area (Å²) in [6.45, 7) is 1.70. The van der Waals surface area contributed by atoms with Gasteiger partial charge in [0.25, 0.3) is 0 Å². The summed E-state index contributed by atoms with van der Waals surface area (Å²) in [5.74, 6) is -3.05. The van der Waals surface area contributed by atoms with Crippen molar-refractivity contribution in [1.82, 2.24) is 0 Å². The van der Waals surface area contributed by atoms with Gasteiger partial charge in [-0.1, -0.05) is 17.7 Å². The van der Waals surface area contributed by atoms with Gasteiger partial charge in [-0.15, -0.1) is 23.4 Å². The largest absolute Gasteiger partial charge is 0.461 e. The highest BCUT2D eigenvalue weighted by atomic mass is 35.5. The Hall–Kier alpha value is -1.24. The molecule has 2 N–H and O–H groups in total. The van der Waals surface area contributed by atoms with Crippen LogP contribution in [0.25, 0.3) is 0 Å². The number of nitrogens with two attached hydrogens (primary N) is 1. The number of halogens is 2. The molecular formula is C17H19Cl2NO4S. The molecule has 2 aliphatic carbocycles. The van der Waals surface area contributed by atoms with Crippen LogP contribution in [0, 0.1) is 11.8 Å². The van der Waals surface area contributed by atoms with Crippen molar-refractivity contribution in [1.29, 1.82) is 0 Å². The molecule has 0 aliphatic heterocycles. The van der Waals surface area contributed by atoms with Crippen LogP contribution in [0.15, 0.2) is 34.5 Å². The third-order valence-corrected chi connectivity index (χ3v) is 6.05. The van der Waals surface area contributed by atoms with Gasteiger partial charge in [0.2, 0.25) is 0 Å². The molecule has 0 saturated heterocycles. The predicted octanol–water partition coefficient (Wildman–Crippen LogP) is 2.92. The molecule has 2 aliphatic rings. The molecule has 5 nitrogen and oxygen atoms in total. The van der Waals surface area contributed by atoms with Gasteiger partial charge in [-0.25, -0.2) is 4.79 Å². The average molecular weight is 404 g/mol. The fourth-order valence-electron chi connectivity index (χ4n) is 2.50. The molecule has 0 spiro atoms. The van der Waals surface area contributed by atoms with Gasteiger partial charge in [-0.3, -0.25) is 9.59 Å². The van der Waals surface area contributed by atoms with Crippen LogP contribution in [0.2, 0.25) is 0 Å². The van der Waals surface area contributed by atoms with Crippen molar-refractivity contribution >= 4 is 52.5 Å². The molecule has 1 fully saturated rings. The zero-order valence-corrected chi connectivity index (χ0v) is 16.2. The van der Waals surface area contributed by atoms with Gasteiger partial charge in [-0.2, -0.15) is 0 Å². The summed E-state index contributed by atoms with van der Waals surface area (Å²) in [5.41, 5.74) is 5.05. The zero-order valence-electron chi connectivity index (χ0n) is 13.9. The van der Waals surface area contributed by atoms with Crippen LogP contribution in [0.1, 0.15) is 19.8 Å². The molecule has 0 aromatic carbocycles. The van der Waals surface area contributed by atoms with Gasteiger partial charge in [0.05, 0.1) is 18.1 Å². The summed E-state index contributed by atoms with van der Waals surface area (Å²) in [5, 5.41) is 0.394. The van der Waals surface area contributed by atoms with E-state index in [0.717, 1.165) is 0 Å². The lowest BCUT2D eigenvalue weighted by atomic mass is 9.87. The Kier molecular flexibility index (Phi) is 6.40. The van der Waals surface area contributed by atoms with Crippen LogP contribution < -0.4 is 5.73 Å². The van der Waals surface area contributed by atoms with Crippen molar-refractivity contribution in [2.75, 3.05) is 12.9 Å². The molecule has 8 heteroatoms. The molecular weight excluding hydrogens is 385 g/mol. The average Bonchev–Trinajstić information content (AvgIpc) is 3.39.